The molecule has 3 N–H and O–H groups in total. The largest absolute Gasteiger partial charge is 0.480 e. The molecule has 0 aliphatic heterocycles. The molecule has 1 aliphatic carbocycles. The van der Waals surface area contributed by atoms with E-state index in [0.29, 0.717) is 18.6 Å². The van der Waals surface area contributed by atoms with Crippen LogP contribution in [0.2, 0.25) is 0 Å². The quantitative estimate of drug-likeness (QED) is 0.244. The second-order valence-electron chi connectivity index (χ2n) is 10.9. The fourth-order valence-corrected chi connectivity index (χ4v) is 5.63. The van der Waals surface area contributed by atoms with Crippen molar-refractivity contribution in [1.82, 2.24) is 9.88 Å². The van der Waals surface area contributed by atoms with Gasteiger partial charge in [-0.1, -0.05) is 36.4 Å². The number of benzene rings is 3. The molecule has 1 saturated carbocycles. The normalized spacial score (nSPS) is 14.9. The van der Waals surface area contributed by atoms with Crippen molar-refractivity contribution in [2.45, 2.75) is 64.1 Å². The number of anilines is 1. The molecule has 0 bridgehead atoms. The van der Waals surface area contributed by atoms with E-state index in [1.54, 1.807) is 12.1 Å². The van der Waals surface area contributed by atoms with Crippen molar-refractivity contribution in [3.05, 3.63) is 95.7 Å². The number of aliphatic carboxylic acids is 1. The van der Waals surface area contributed by atoms with E-state index in [-0.39, 0.29) is 18.9 Å². The first-order valence-electron chi connectivity index (χ1n) is 13.9. The first-order valence-corrected chi connectivity index (χ1v) is 13.9. The molecule has 4 aromatic rings. The van der Waals surface area contributed by atoms with Gasteiger partial charge in [-0.15, -0.1) is 0 Å². The summed E-state index contributed by atoms with van der Waals surface area (Å²) in [5.74, 6) is -1.14. The van der Waals surface area contributed by atoms with Crippen LogP contribution in [0.1, 0.15) is 42.4 Å². The molecule has 1 atom stereocenters. The van der Waals surface area contributed by atoms with Crippen LogP contribution in [0.15, 0.2) is 79.0 Å². The van der Waals surface area contributed by atoms with Crippen molar-refractivity contribution in [2.24, 2.45) is 0 Å². The Morgan fingerprint density at radius 3 is 2.32 bits per heavy atom. The molecule has 41 heavy (non-hydrogen) atoms. The number of amides is 2. The van der Waals surface area contributed by atoms with Crippen LogP contribution in [0.3, 0.4) is 0 Å². The van der Waals surface area contributed by atoms with Crippen LogP contribution in [0, 0.1) is 13.8 Å². The average molecular weight is 554 g/mol. The number of nitrogens with zero attached hydrogens (tertiary/aromatic N) is 1. The summed E-state index contributed by atoms with van der Waals surface area (Å²) in [5.41, 5.74) is 3.51. The summed E-state index contributed by atoms with van der Waals surface area (Å²) < 4.78 is 8.12. The number of hydrogen-bond acceptors (Lipinski definition) is 4. The smallest absolute Gasteiger partial charge is 0.328 e. The Bertz CT molecular complexity index is 1550. The van der Waals surface area contributed by atoms with E-state index in [4.69, 9.17) is 4.74 Å². The van der Waals surface area contributed by atoms with Gasteiger partial charge in [0.1, 0.15) is 11.8 Å². The van der Waals surface area contributed by atoms with Crippen molar-refractivity contribution in [1.29, 1.82) is 0 Å². The molecule has 3 aromatic carbocycles. The van der Waals surface area contributed by atoms with Crippen LogP contribution >= 0.6 is 0 Å². The third-order valence-electron chi connectivity index (χ3n) is 7.59. The Labute approximate surface area is 239 Å². The Balaban J connectivity index is 1.24. The molecule has 8 nitrogen and oxygen atoms in total. The lowest BCUT2D eigenvalue weighted by Gasteiger charge is -2.30. The summed E-state index contributed by atoms with van der Waals surface area (Å²) >= 11 is 0. The van der Waals surface area contributed by atoms with Crippen LogP contribution in [0.5, 0.6) is 5.75 Å². The summed E-state index contributed by atoms with van der Waals surface area (Å²) in [6.07, 6.45) is 4.65. The number of para-hydroxylation sites is 1. The summed E-state index contributed by atoms with van der Waals surface area (Å²) in [5, 5.41) is 16.6. The second-order valence-corrected chi connectivity index (χ2v) is 10.9. The molecule has 1 fully saturated rings. The lowest BCUT2D eigenvalue weighted by Crippen LogP contribution is -2.55. The number of carboxylic acid groups (broad SMARTS) is 1. The van der Waals surface area contributed by atoms with Gasteiger partial charge in [0.15, 0.2) is 5.60 Å². The lowest BCUT2D eigenvalue weighted by molar-refractivity contribution is -0.146. The van der Waals surface area contributed by atoms with Gasteiger partial charge in [0.25, 0.3) is 5.91 Å². The van der Waals surface area contributed by atoms with Gasteiger partial charge in [-0.05, 0) is 98.0 Å². The van der Waals surface area contributed by atoms with Crippen molar-refractivity contribution >= 4 is 34.4 Å². The summed E-state index contributed by atoms with van der Waals surface area (Å²) in [4.78, 5) is 38.3. The number of fused-ring (bicyclic) bond motifs is 1. The van der Waals surface area contributed by atoms with Crippen LogP contribution in [0.25, 0.3) is 10.9 Å². The van der Waals surface area contributed by atoms with Gasteiger partial charge in [-0.25, -0.2) is 4.79 Å². The fourth-order valence-electron chi connectivity index (χ4n) is 5.63. The van der Waals surface area contributed by atoms with Crippen LogP contribution in [-0.2, 0) is 27.3 Å². The minimum Gasteiger partial charge on any atom is -0.480 e. The number of nitrogens with one attached hydrogen (secondary N) is 2. The number of carboxylic acids is 1. The Morgan fingerprint density at radius 2 is 1.63 bits per heavy atom. The van der Waals surface area contributed by atoms with Gasteiger partial charge in [-0.2, -0.15) is 0 Å². The lowest BCUT2D eigenvalue weighted by atomic mass is 10.00. The van der Waals surface area contributed by atoms with E-state index < -0.39 is 23.5 Å². The van der Waals surface area contributed by atoms with Gasteiger partial charge < -0.3 is 25.0 Å². The Morgan fingerprint density at radius 1 is 0.951 bits per heavy atom. The average Bonchev–Trinajstić information content (AvgIpc) is 3.57. The summed E-state index contributed by atoms with van der Waals surface area (Å²) in [6, 6.07) is 21.6. The minimum absolute atomic E-state index is 0.101. The van der Waals surface area contributed by atoms with Crippen molar-refractivity contribution in [2.75, 3.05) is 5.32 Å². The molecule has 1 aromatic heterocycles. The standard InChI is InChI=1S/C33H35N3O5/c1-22-17-23(2)19-26(18-22)34-30(37)20-24-9-11-27(12-10-24)41-33(14-5-6-15-33)32(40)35-28(31(38)39)21-36-16-13-25-7-3-4-8-29(25)36/h3-4,7-13,16-19,28H,5-6,14-15,20-21H2,1-2H3,(H,34,37)(H,35,40)(H,38,39)/t28-/m1/s1. The number of aromatic nitrogens is 1. The molecule has 2 amide bonds. The Kier molecular flexibility index (Phi) is 8.10. The Hall–Kier alpha value is -4.59. The predicted octanol–water partition coefficient (Wildman–Crippen LogP) is 5.40. The number of aryl methyl sites for hydroxylation is 2. The van der Waals surface area contributed by atoms with Gasteiger partial charge in [0.05, 0.1) is 13.0 Å². The van der Waals surface area contributed by atoms with Crippen molar-refractivity contribution in [3.63, 3.8) is 0 Å². The molecule has 5 rings (SSSR count). The van der Waals surface area contributed by atoms with E-state index in [2.05, 4.69) is 16.7 Å². The summed E-state index contributed by atoms with van der Waals surface area (Å²) in [6.45, 7) is 4.08. The maximum Gasteiger partial charge on any atom is 0.328 e. The third kappa shape index (κ3) is 6.60. The maximum absolute atomic E-state index is 13.6. The van der Waals surface area contributed by atoms with E-state index in [9.17, 15) is 19.5 Å². The zero-order valence-corrected chi connectivity index (χ0v) is 23.4. The summed E-state index contributed by atoms with van der Waals surface area (Å²) in [7, 11) is 0. The van der Waals surface area contributed by atoms with Gasteiger partial charge in [-0.3, -0.25) is 9.59 Å². The number of carbonyl (C=O) groups is 3. The topological polar surface area (TPSA) is 110 Å². The number of ether oxygens (including phenoxy) is 1. The molecule has 212 valence electrons. The highest BCUT2D eigenvalue weighted by molar-refractivity contribution is 5.92. The molecule has 0 unspecified atom stereocenters. The first kappa shape index (κ1) is 28.0. The van der Waals surface area contributed by atoms with E-state index in [1.165, 1.54) is 0 Å². The molecular weight excluding hydrogens is 518 g/mol. The molecular formula is C33H35N3O5. The van der Waals surface area contributed by atoms with Crippen LogP contribution in [-0.4, -0.2) is 39.1 Å². The molecule has 0 radical (unpaired) electrons. The fraction of sp³-hybridized carbons (Fsp3) is 0.303. The van der Waals surface area contributed by atoms with Crippen molar-refractivity contribution < 1.29 is 24.2 Å². The van der Waals surface area contributed by atoms with Gasteiger partial charge in [0, 0.05) is 17.4 Å². The molecule has 0 saturated heterocycles. The van der Waals surface area contributed by atoms with Crippen molar-refractivity contribution in [3.8, 4) is 5.75 Å². The number of hydrogen-bond donors (Lipinski definition) is 3. The highest BCUT2D eigenvalue weighted by atomic mass is 16.5. The van der Waals surface area contributed by atoms with Gasteiger partial charge >= 0.3 is 5.97 Å². The maximum atomic E-state index is 13.6. The zero-order valence-electron chi connectivity index (χ0n) is 23.4. The minimum atomic E-state index is -1.14. The SMILES string of the molecule is Cc1cc(C)cc(NC(=O)Cc2ccc(OC3(C(=O)N[C@H](Cn4ccc5ccccc54)C(=O)O)CCCC3)cc2)c1. The third-order valence-corrected chi connectivity index (χ3v) is 7.59. The number of rotatable bonds is 10. The first-order chi connectivity index (χ1) is 19.7. The highest BCUT2D eigenvalue weighted by Gasteiger charge is 2.45. The zero-order chi connectivity index (χ0) is 29.0. The molecule has 1 aliphatic rings. The van der Waals surface area contributed by atoms with E-state index in [0.717, 1.165) is 46.1 Å². The van der Waals surface area contributed by atoms with Gasteiger partial charge in [0.2, 0.25) is 5.91 Å². The van der Waals surface area contributed by atoms with E-state index in [1.807, 2.05) is 79.2 Å². The van der Waals surface area contributed by atoms with Crippen LogP contribution < -0.4 is 15.4 Å². The molecule has 0 spiro atoms. The monoisotopic (exact) mass is 553 g/mol. The highest BCUT2D eigenvalue weighted by Crippen LogP contribution is 2.35. The predicted molar refractivity (Wildman–Crippen MR) is 158 cm³/mol. The second kappa shape index (κ2) is 11.9. The van der Waals surface area contributed by atoms with Crippen LogP contribution in [0.4, 0.5) is 5.69 Å². The molecule has 1 heterocycles. The van der Waals surface area contributed by atoms with E-state index >= 15 is 0 Å². The molecule has 8 heteroatoms. The number of carbonyl (C=O) groups excluding carboxylic acids is 2.